The quantitative estimate of drug-likeness (QED) is 0.340. The molecule has 3 rings (SSSR count). The van der Waals surface area contributed by atoms with Gasteiger partial charge in [-0.15, -0.1) is 0 Å². The monoisotopic (exact) mass is 448 g/mol. The number of rotatable bonds is 5. The standard InChI is InChI=1S/C18H11BrF2N4OS/c19-12-1-6-16-23-9-14(25(16)10-12)7-11(8-22)17(26)24-13-2-4-15(5-3-13)27-18(20)21/h1-7,9-10,18H,(H,24,26). The fraction of sp³-hybridized carbons (Fsp3) is 0.0556. The summed E-state index contributed by atoms with van der Waals surface area (Å²) < 4.78 is 27.2. The lowest BCUT2D eigenvalue weighted by molar-refractivity contribution is -0.112. The second-order valence-corrected chi connectivity index (χ2v) is 7.26. The Hall–Kier alpha value is -2.70. The molecule has 0 spiro atoms. The molecular weight excluding hydrogens is 438 g/mol. The third-order valence-corrected chi connectivity index (χ3v) is 4.68. The van der Waals surface area contributed by atoms with Gasteiger partial charge in [-0.1, -0.05) is 11.8 Å². The first-order chi connectivity index (χ1) is 13.0. The second kappa shape index (κ2) is 8.33. The number of aromatic nitrogens is 2. The number of pyridine rings is 1. The number of nitrogens with zero attached hydrogens (tertiary/aromatic N) is 3. The van der Waals surface area contributed by atoms with Crippen LogP contribution in [0.25, 0.3) is 11.7 Å². The molecule has 2 aromatic heterocycles. The highest BCUT2D eigenvalue weighted by Crippen LogP contribution is 2.26. The van der Waals surface area contributed by atoms with Gasteiger partial charge >= 0.3 is 0 Å². The molecule has 0 bridgehead atoms. The van der Waals surface area contributed by atoms with Gasteiger partial charge in [0.2, 0.25) is 0 Å². The Balaban J connectivity index is 1.80. The summed E-state index contributed by atoms with van der Waals surface area (Å²) in [5.74, 6) is -3.11. The number of thioether (sulfide) groups is 1. The van der Waals surface area contributed by atoms with Crippen molar-refractivity contribution in [1.82, 2.24) is 9.38 Å². The smallest absolute Gasteiger partial charge is 0.288 e. The van der Waals surface area contributed by atoms with Gasteiger partial charge in [0.25, 0.3) is 11.7 Å². The molecule has 0 aliphatic rings. The van der Waals surface area contributed by atoms with Crippen molar-refractivity contribution in [2.75, 3.05) is 5.32 Å². The van der Waals surface area contributed by atoms with Gasteiger partial charge in [0, 0.05) is 21.3 Å². The van der Waals surface area contributed by atoms with E-state index in [2.05, 4.69) is 26.2 Å². The molecule has 0 atom stereocenters. The van der Waals surface area contributed by atoms with Gasteiger partial charge in [-0.25, -0.2) is 4.98 Å². The summed E-state index contributed by atoms with van der Waals surface area (Å²) in [5.41, 5.74) is 1.54. The first-order valence-electron chi connectivity index (χ1n) is 7.57. The van der Waals surface area contributed by atoms with Gasteiger partial charge < -0.3 is 5.32 Å². The number of carbonyl (C=O) groups excluding carboxylic acids is 1. The number of nitrogens with one attached hydrogen (secondary N) is 1. The number of carbonyl (C=O) groups is 1. The molecular formula is C18H11BrF2N4OS. The number of imidazole rings is 1. The maximum absolute atomic E-state index is 12.4. The Kier molecular flexibility index (Phi) is 5.88. The second-order valence-electron chi connectivity index (χ2n) is 5.29. The van der Waals surface area contributed by atoms with Gasteiger partial charge in [0.15, 0.2) is 0 Å². The number of benzene rings is 1. The van der Waals surface area contributed by atoms with Gasteiger partial charge in [-0.05, 0) is 58.4 Å². The highest BCUT2D eigenvalue weighted by atomic mass is 79.9. The number of fused-ring (bicyclic) bond motifs is 1. The zero-order valence-corrected chi connectivity index (χ0v) is 16.0. The summed E-state index contributed by atoms with van der Waals surface area (Å²) in [4.78, 5) is 17.0. The molecule has 0 fully saturated rings. The number of amides is 1. The van der Waals surface area contributed by atoms with E-state index >= 15 is 0 Å². The molecule has 136 valence electrons. The van der Waals surface area contributed by atoms with Crippen LogP contribution < -0.4 is 5.32 Å². The summed E-state index contributed by atoms with van der Waals surface area (Å²) in [7, 11) is 0. The maximum Gasteiger partial charge on any atom is 0.288 e. The number of nitriles is 1. The van der Waals surface area contributed by atoms with Crippen LogP contribution in [0.5, 0.6) is 0 Å². The van der Waals surface area contributed by atoms with E-state index in [9.17, 15) is 18.8 Å². The van der Waals surface area contributed by atoms with Crippen LogP contribution >= 0.6 is 27.7 Å². The normalized spacial score (nSPS) is 11.6. The zero-order valence-electron chi connectivity index (χ0n) is 13.6. The summed E-state index contributed by atoms with van der Waals surface area (Å²) in [6.45, 7) is 0. The molecule has 0 saturated heterocycles. The van der Waals surface area contributed by atoms with Crippen molar-refractivity contribution in [1.29, 1.82) is 5.26 Å². The largest absolute Gasteiger partial charge is 0.321 e. The fourth-order valence-electron chi connectivity index (χ4n) is 2.29. The molecule has 2 heterocycles. The SMILES string of the molecule is N#CC(=Cc1cnc2ccc(Br)cn12)C(=O)Nc1ccc(SC(F)F)cc1. The first-order valence-corrected chi connectivity index (χ1v) is 9.24. The van der Waals surface area contributed by atoms with Crippen LogP contribution in [-0.4, -0.2) is 21.0 Å². The predicted octanol–water partition coefficient (Wildman–Crippen LogP) is 4.96. The highest BCUT2D eigenvalue weighted by molar-refractivity contribution is 9.10. The molecule has 3 aromatic rings. The molecule has 1 aromatic carbocycles. The maximum atomic E-state index is 12.4. The van der Waals surface area contributed by atoms with E-state index in [4.69, 9.17) is 0 Å². The Morgan fingerprint density at radius 2 is 2.04 bits per heavy atom. The number of anilines is 1. The van der Waals surface area contributed by atoms with E-state index in [1.807, 2.05) is 12.1 Å². The van der Waals surface area contributed by atoms with Gasteiger partial charge in [0.1, 0.15) is 17.3 Å². The topological polar surface area (TPSA) is 70.2 Å². The number of hydrogen-bond donors (Lipinski definition) is 1. The van der Waals surface area contributed by atoms with Crippen molar-refractivity contribution < 1.29 is 13.6 Å². The van der Waals surface area contributed by atoms with Crippen molar-refractivity contribution in [3.05, 3.63) is 64.5 Å². The molecule has 0 saturated carbocycles. The molecule has 0 radical (unpaired) electrons. The summed E-state index contributed by atoms with van der Waals surface area (Å²) in [6.07, 6.45) is 4.77. The predicted molar refractivity (Wildman–Crippen MR) is 103 cm³/mol. The van der Waals surface area contributed by atoms with Crippen LogP contribution in [0.15, 0.2) is 63.7 Å². The summed E-state index contributed by atoms with van der Waals surface area (Å²) in [5, 5.41) is 11.9. The van der Waals surface area contributed by atoms with Crippen molar-refractivity contribution in [3.8, 4) is 6.07 Å². The van der Waals surface area contributed by atoms with Gasteiger partial charge in [-0.2, -0.15) is 14.0 Å². The Bertz CT molecular complexity index is 1060. The lowest BCUT2D eigenvalue weighted by Crippen LogP contribution is -2.13. The molecule has 27 heavy (non-hydrogen) atoms. The van der Waals surface area contributed by atoms with Crippen LogP contribution in [0, 0.1) is 11.3 Å². The van der Waals surface area contributed by atoms with E-state index in [0.29, 0.717) is 33.7 Å². The van der Waals surface area contributed by atoms with Gasteiger partial charge in [0.05, 0.1) is 11.9 Å². The van der Waals surface area contributed by atoms with Crippen molar-refractivity contribution in [3.63, 3.8) is 0 Å². The van der Waals surface area contributed by atoms with Crippen LogP contribution in [0.2, 0.25) is 0 Å². The fourth-order valence-corrected chi connectivity index (χ4v) is 3.13. The molecule has 0 aliphatic carbocycles. The lowest BCUT2D eigenvalue weighted by atomic mass is 10.2. The van der Waals surface area contributed by atoms with E-state index < -0.39 is 11.7 Å². The van der Waals surface area contributed by atoms with Crippen molar-refractivity contribution >= 4 is 51.0 Å². The lowest BCUT2D eigenvalue weighted by Gasteiger charge is -2.06. The minimum absolute atomic E-state index is 0.109. The number of halogens is 3. The highest BCUT2D eigenvalue weighted by Gasteiger charge is 2.12. The zero-order chi connectivity index (χ0) is 19.4. The Morgan fingerprint density at radius 3 is 2.70 bits per heavy atom. The Labute approximate surface area is 165 Å². The van der Waals surface area contributed by atoms with E-state index in [1.165, 1.54) is 30.3 Å². The van der Waals surface area contributed by atoms with Crippen LogP contribution in [0.4, 0.5) is 14.5 Å². The Morgan fingerprint density at radius 1 is 1.30 bits per heavy atom. The first kappa shape index (κ1) is 19.1. The average Bonchev–Trinajstić information content (AvgIpc) is 3.02. The molecule has 0 aliphatic heterocycles. The van der Waals surface area contributed by atoms with E-state index in [-0.39, 0.29) is 5.57 Å². The van der Waals surface area contributed by atoms with E-state index in [0.717, 1.165) is 4.47 Å². The minimum Gasteiger partial charge on any atom is -0.321 e. The molecule has 1 amide bonds. The summed E-state index contributed by atoms with van der Waals surface area (Å²) >= 11 is 3.78. The van der Waals surface area contributed by atoms with Crippen LogP contribution in [-0.2, 0) is 4.79 Å². The molecule has 5 nitrogen and oxygen atoms in total. The van der Waals surface area contributed by atoms with Crippen molar-refractivity contribution in [2.45, 2.75) is 10.7 Å². The summed E-state index contributed by atoms with van der Waals surface area (Å²) in [6, 6.07) is 11.5. The molecule has 9 heteroatoms. The van der Waals surface area contributed by atoms with Crippen LogP contribution in [0.1, 0.15) is 5.69 Å². The van der Waals surface area contributed by atoms with Crippen LogP contribution in [0.3, 0.4) is 0 Å². The average molecular weight is 449 g/mol. The van der Waals surface area contributed by atoms with E-state index in [1.54, 1.807) is 22.9 Å². The third kappa shape index (κ3) is 4.72. The minimum atomic E-state index is -2.51. The third-order valence-electron chi connectivity index (χ3n) is 3.49. The van der Waals surface area contributed by atoms with Crippen molar-refractivity contribution in [2.24, 2.45) is 0 Å². The molecule has 1 N–H and O–H groups in total. The molecule has 0 unspecified atom stereocenters. The number of hydrogen-bond acceptors (Lipinski definition) is 4. The number of alkyl halides is 2. The van der Waals surface area contributed by atoms with Gasteiger partial charge in [-0.3, -0.25) is 9.20 Å².